The molecule has 5 nitrogen and oxygen atoms in total. The van der Waals surface area contributed by atoms with Crippen LogP contribution in [0.15, 0.2) is 18.2 Å². The number of rotatable bonds is 3. The first-order chi connectivity index (χ1) is 9.06. The van der Waals surface area contributed by atoms with Gasteiger partial charge in [0.1, 0.15) is 5.52 Å². The minimum atomic E-state index is -1.17. The molecule has 1 heterocycles. The average molecular weight is 296 g/mol. The van der Waals surface area contributed by atoms with Gasteiger partial charge in [0.2, 0.25) is 5.91 Å². The van der Waals surface area contributed by atoms with Gasteiger partial charge in [0.05, 0.1) is 9.72 Å². The largest absolute Gasteiger partial charge is 0.550 e. The fraction of sp³-hybridized carbons (Fsp3) is 0.250. The third-order valence-corrected chi connectivity index (χ3v) is 4.27. The molecule has 3 rings (SSSR count). The topological polar surface area (TPSA) is 82.1 Å². The second kappa shape index (κ2) is 4.47. The van der Waals surface area contributed by atoms with Gasteiger partial charge in [0.15, 0.2) is 5.13 Å². The summed E-state index contributed by atoms with van der Waals surface area (Å²) in [7, 11) is 0. The molecular formula is C12H8ClN2O3S-. The van der Waals surface area contributed by atoms with Crippen LogP contribution in [0.1, 0.15) is 6.42 Å². The van der Waals surface area contributed by atoms with Crippen LogP contribution in [-0.2, 0) is 9.59 Å². The van der Waals surface area contributed by atoms with Crippen molar-refractivity contribution >= 4 is 50.2 Å². The average Bonchev–Trinajstić information content (AvgIpc) is 3.05. The molecule has 2 aromatic rings. The number of nitrogens with one attached hydrogen (secondary N) is 1. The number of carboxylic acid groups (broad SMARTS) is 1. The Labute approximate surface area is 117 Å². The summed E-state index contributed by atoms with van der Waals surface area (Å²) in [5, 5.41) is 14.2. The molecule has 1 amide bonds. The minimum absolute atomic E-state index is 0.329. The maximum Gasteiger partial charge on any atom is 0.229 e. The summed E-state index contributed by atoms with van der Waals surface area (Å²) in [6.45, 7) is 0. The first kappa shape index (κ1) is 12.4. The van der Waals surface area contributed by atoms with E-state index in [0.29, 0.717) is 22.1 Å². The number of halogens is 1. The van der Waals surface area contributed by atoms with Crippen molar-refractivity contribution in [1.29, 1.82) is 0 Å². The second-order valence-electron chi connectivity index (χ2n) is 4.36. The Hall–Kier alpha value is -1.66. The van der Waals surface area contributed by atoms with E-state index in [2.05, 4.69) is 10.3 Å². The van der Waals surface area contributed by atoms with Crippen LogP contribution in [-0.4, -0.2) is 16.9 Å². The number of nitrogens with zero attached hydrogens (tertiary/aromatic N) is 1. The summed E-state index contributed by atoms with van der Waals surface area (Å²) < 4.78 is 0.870. The van der Waals surface area contributed by atoms with Crippen LogP contribution >= 0.6 is 22.9 Å². The van der Waals surface area contributed by atoms with Gasteiger partial charge in [-0.3, -0.25) is 4.79 Å². The van der Waals surface area contributed by atoms with Crippen LogP contribution in [0.2, 0.25) is 5.02 Å². The van der Waals surface area contributed by atoms with E-state index in [-0.39, 0.29) is 5.91 Å². The molecule has 0 saturated heterocycles. The van der Waals surface area contributed by atoms with Gasteiger partial charge in [0, 0.05) is 17.8 Å². The molecule has 98 valence electrons. The lowest BCUT2D eigenvalue weighted by Gasteiger charge is -2.01. The van der Waals surface area contributed by atoms with Crippen molar-refractivity contribution in [2.24, 2.45) is 11.8 Å². The van der Waals surface area contributed by atoms with E-state index in [1.807, 2.05) is 12.1 Å². The van der Waals surface area contributed by atoms with Crippen LogP contribution in [0.5, 0.6) is 0 Å². The predicted octanol–water partition coefficient (Wildman–Crippen LogP) is 1.27. The van der Waals surface area contributed by atoms with Gasteiger partial charge in [-0.1, -0.05) is 29.0 Å². The maximum atomic E-state index is 11.8. The van der Waals surface area contributed by atoms with Crippen LogP contribution < -0.4 is 10.4 Å². The third kappa shape index (κ3) is 2.29. The van der Waals surface area contributed by atoms with E-state index >= 15 is 0 Å². The number of aromatic nitrogens is 1. The lowest BCUT2D eigenvalue weighted by atomic mass is 10.3. The molecule has 0 unspecified atom stereocenters. The van der Waals surface area contributed by atoms with Gasteiger partial charge < -0.3 is 15.2 Å². The monoisotopic (exact) mass is 295 g/mol. The highest BCUT2D eigenvalue weighted by molar-refractivity contribution is 7.22. The Balaban J connectivity index is 1.77. The summed E-state index contributed by atoms with van der Waals surface area (Å²) >= 11 is 7.30. The Morgan fingerprint density at radius 2 is 2.21 bits per heavy atom. The first-order valence-corrected chi connectivity index (χ1v) is 6.82. The molecule has 0 aliphatic heterocycles. The Morgan fingerprint density at radius 1 is 1.42 bits per heavy atom. The molecule has 0 bridgehead atoms. The zero-order valence-electron chi connectivity index (χ0n) is 9.55. The number of para-hydroxylation sites is 1. The van der Waals surface area contributed by atoms with Gasteiger partial charge in [-0.25, -0.2) is 4.98 Å². The van der Waals surface area contributed by atoms with Crippen molar-refractivity contribution < 1.29 is 14.7 Å². The zero-order valence-corrected chi connectivity index (χ0v) is 11.1. The van der Waals surface area contributed by atoms with Crippen LogP contribution in [0, 0.1) is 11.8 Å². The molecule has 0 spiro atoms. The van der Waals surface area contributed by atoms with Crippen molar-refractivity contribution in [1.82, 2.24) is 4.98 Å². The highest BCUT2D eigenvalue weighted by atomic mass is 35.5. The minimum Gasteiger partial charge on any atom is -0.550 e. The summed E-state index contributed by atoms with van der Waals surface area (Å²) in [5.41, 5.74) is 0.636. The van der Waals surface area contributed by atoms with Gasteiger partial charge in [-0.2, -0.15) is 0 Å². The fourth-order valence-corrected chi connectivity index (χ4v) is 3.08. The van der Waals surface area contributed by atoms with Crippen LogP contribution in [0.25, 0.3) is 10.2 Å². The van der Waals surface area contributed by atoms with E-state index in [1.165, 1.54) is 11.3 Å². The van der Waals surface area contributed by atoms with Crippen molar-refractivity contribution in [3.05, 3.63) is 23.2 Å². The number of carboxylic acids is 1. The molecule has 1 aliphatic rings. The van der Waals surface area contributed by atoms with E-state index in [9.17, 15) is 14.7 Å². The lowest BCUT2D eigenvalue weighted by Crippen LogP contribution is -2.27. The number of hydrogen-bond donors (Lipinski definition) is 1. The molecule has 1 aliphatic carbocycles. The van der Waals surface area contributed by atoms with E-state index in [1.54, 1.807) is 6.07 Å². The fourth-order valence-electron chi connectivity index (χ4n) is 1.91. The Kier molecular flexibility index (Phi) is 2.91. The number of amides is 1. The second-order valence-corrected chi connectivity index (χ2v) is 5.80. The molecule has 0 radical (unpaired) electrons. The third-order valence-electron chi connectivity index (χ3n) is 3.03. The summed E-state index contributed by atoms with van der Waals surface area (Å²) in [6, 6.07) is 5.39. The van der Waals surface area contributed by atoms with Crippen LogP contribution in [0.3, 0.4) is 0 Å². The van der Waals surface area contributed by atoms with Gasteiger partial charge in [0.25, 0.3) is 0 Å². The van der Waals surface area contributed by atoms with Crippen molar-refractivity contribution in [3.8, 4) is 0 Å². The number of benzene rings is 1. The number of fused-ring (bicyclic) bond motifs is 1. The Bertz CT molecular complexity index is 685. The smallest absolute Gasteiger partial charge is 0.229 e. The summed E-state index contributed by atoms with van der Waals surface area (Å²) in [5.74, 6) is -2.68. The maximum absolute atomic E-state index is 11.8. The highest BCUT2D eigenvalue weighted by Gasteiger charge is 2.44. The molecule has 2 atom stereocenters. The summed E-state index contributed by atoms with van der Waals surface area (Å²) in [4.78, 5) is 26.6. The van der Waals surface area contributed by atoms with Gasteiger partial charge >= 0.3 is 0 Å². The lowest BCUT2D eigenvalue weighted by molar-refractivity contribution is -0.308. The molecule has 7 heteroatoms. The van der Waals surface area contributed by atoms with Crippen molar-refractivity contribution in [2.75, 3.05) is 5.32 Å². The van der Waals surface area contributed by atoms with E-state index in [4.69, 9.17) is 11.6 Å². The number of carbonyl (C=O) groups is 2. The number of hydrogen-bond acceptors (Lipinski definition) is 5. The van der Waals surface area contributed by atoms with Gasteiger partial charge in [-0.15, -0.1) is 0 Å². The quantitative estimate of drug-likeness (QED) is 0.924. The van der Waals surface area contributed by atoms with Crippen molar-refractivity contribution in [3.63, 3.8) is 0 Å². The van der Waals surface area contributed by atoms with E-state index in [0.717, 1.165) is 4.70 Å². The standard InChI is InChI=1S/C12H9ClN2O3S/c13-7-2-1-3-8-9(7)14-12(19-8)15-10(16)5-4-6(5)11(17)18/h1-3,5-6H,4H2,(H,17,18)(H,14,15,16)/p-1/t5-,6-/m1/s1. The molecule has 1 saturated carbocycles. The molecule has 19 heavy (non-hydrogen) atoms. The molecule has 1 aromatic carbocycles. The van der Waals surface area contributed by atoms with Gasteiger partial charge in [-0.05, 0) is 18.6 Å². The highest BCUT2D eigenvalue weighted by Crippen LogP contribution is 2.39. The summed E-state index contributed by atoms with van der Waals surface area (Å²) in [6.07, 6.45) is 0.333. The van der Waals surface area contributed by atoms with E-state index < -0.39 is 17.8 Å². The number of thiazole rings is 1. The van der Waals surface area contributed by atoms with Crippen molar-refractivity contribution in [2.45, 2.75) is 6.42 Å². The zero-order chi connectivity index (χ0) is 13.6. The SMILES string of the molecule is O=C([O-])[C@@H]1C[C@H]1C(=O)Nc1nc2c(Cl)cccc2s1. The number of aliphatic carboxylic acids is 1. The number of anilines is 1. The molecular weight excluding hydrogens is 288 g/mol. The molecule has 1 N–H and O–H groups in total. The first-order valence-electron chi connectivity index (χ1n) is 5.63. The number of carbonyl (C=O) groups excluding carboxylic acids is 2. The molecule has 1 aromatic heterocycles. The predicted molar refractivity (Wildman–Crippen MR) is 69.9 cm³/mol. The normalized spacial score (nSPS) is 21.3. The van der Waals surface area contributed by atoms with Crippen LogP contribution in [0.4, 0.5) is 5.13 Å². The Morgan fingerprint density at radius 3 is 2.84 bits per heavy atom. The molecule has 1 fully saturated rings.